The van der Waals surface area contributed by atoms with Crippen LogP contribution in [0, 0.1) is 0 Å². The molecule has 4 nitrogen and oxygen atoms in total. The van der Waals surface area contributed by atoms with Gasteiger partial charge in [0.15, 0.2) is 11.6 Å². The van der Waals surface area contributed by atoms with Crippen molar-refractivity contribution in [2.45, 2.75) is 6.42 Å². The van der Waals surface area contributed by atoms with Gasteiger partial charge in [0.25, 0.3) is 0 Å². The molecule has 2 aromatic carbocycles. The molecule has 0 heterocycles. The van der Waals surface area contributed by atoms with Gasteiger partial charge in [-0.15, -0.1) is 0 Å². The Balaban J connectivity index is 2.44. The van der Waals surface area contributed by atoms with Gasteiger partial charge in [-0.05, 0) is 53.1 Å². The summed E-state index contributed by atoms with van der Waals surface area (Å²) in [7, 11) is 0. The number of hydrogen-bond acceptors (Lipinski definition) is 4. The van der Waals surface area contributed by atoms with Crippen LogP contribution in [0.1, 0.15) is 17.5 Å². The second-order valence-corrected chi connectivity index (χ2v) is 4.97. The highest BCUT2D eigenvalue weighted by molar-refractivity contribution is 6.11. The van der Waals surface area contributed by atoms with Crippen LogP contribution in [0.4, 0.5) is 0 Å². The summed E-state index contributed by atoms with van der Waals surface area (Å²) in [6, 6.07) is 12.8. The van der Waals surface area contributed by atoms with E-state index in [1.165, 1.54) is 30.3 Å². The third-order valence-corrected chi connectivity index (χ3v) is 3.24. The number of ketones is 2. The molecule has 0 atom stereocenters. The molecule has 0 bridgehead atoms. The molecule has 0 spiro atoms. The lowest BCUT2D eigenvalue weighted by Gasteiger charge is -2.09. The molecule has 2 N–H and O–H groups in total. The van der Waals surface area contributed by atoms with Gasteiger partial charge in [0.05, 0.1) is 6.42 Å². The Labute approximate surface area is 134 Å². The number of aromatic hydroxyl groups is 2. The maximum atomic E-state index is 12.1. The molecule has 0 aliphatic heterocycles. The van der Waals surface area contributed by atoms with E-state index in [9.17, 15) is 19.8 Å². The summed E-state index contributed by atoms with van der Waals surface area (Å²) >= 11 is 0. The molecule has 0 aromatic heterocycles. The zero-order chi connectivity index (χ0) is 16.8. The normalized spacial score (nSPS) is 9.91. The summed E-state index contributed by atoms with van der Waals surface area (Å²) in [5.41, 5.74) is 2.03. The van der Waals surface area contributed by atoms with Crippen molar-refractivity contribution in [3.05, 3.63) is 78.4 Å². The summed E-state index contributed by atoms with van der Waals surface area (Å²) in [6.07, 6.45) is 2.26. The van der Waals surface area contributed by atoms with Crippen molar-refractivity contribution < 1.29 is 19.8 Å². The van der Waals surface area contributed by atoms with E-state index in [1.54, 1.807) is 24.3 Å². The number of carbonyl (C=O) groups is 2. The third kappa shape index (κ3) is 4.41. The fourth-order valence-corrected chi connectivity index (χ4v) is 2.07. The van der Waals surface area contributed by atoms with Gasteiger partial charge in [-0.25, -0.2) is 0 Å². The molecule has 0 aliphatic rings. The minimum atomic E-state index is -0.345. The van der Waals surface area contributed by atoms with Crippen molar-refractivity contribution in [1.29, 1.82) is 0 Å². The van der Waals surface area contributed by atoms with E-state index in [0.29, 0.717) is 16.7 Å². The fraction of sp³-hybridized carbons (Fsp3) is 0.0526. The number of carbonyl (C=O) groups excluding carboxylic acids is 2. The monoisotopic (exact) mass is 308 g/mol. The van der Waals surface area contributed by atoms with E-state index in [2.05, 4.69) is 6.58 Å². The molecular formula is C19H16O4. The van der Waals surface area contributed by atoms with Gasteiger partial charge in [-0.1, -0.05) is 30.8 Å². The molecule has 4 heteroatoms. The van der Waals surface area contributed by atoms with Gasteiger partial charge in [0.2, 0.25) is 0 Å². The van der Waals surface area contributed by atoms with Crippen LogP contribution in [0.2, 0.25) is 0 Å². The van der Waals surface area contributed by atoms with Crippen LogP contribution in [-0.2, 0) is 9.59 Å². The molecular weight excluding hydrogens is 292 g/mol. The van der Waals surface area contributed by atoms with Crippen LogP contribution in [0.15, 0.2) is 67.3 Å². The van der Waals surface area contributed by atoms with Crippen LogP contribution >= 0.6 is 0 Å². The van der Waals surface area contributed by atoms with E-state index in [1.807, 2.05) is 0 Å². The maximum absolute atomic E-state index is 12.1. The lowest BCUT2D eigenvalue weighted by Crippen LogP contribution is -2.03. The Hall–Kier alpha value is -3.14. The summed E-state index contributed by atoms with van der Waals surface area (Å²) in [5, 5.41) is 18.8. The van der Waals surface area contributed by atoms with Crippen molar-refractivity contribution in [1.82, 2.24) is 0 Å². The van der Waals surface area contributed by atoms with Crippen LogP contribution in [0.25, 0.3) is 5.57 Å². The van der Waals surface area contributed by atoms with E-state index >= 15 is 0 Å². The van der Waals surface area contributed by atoms with Gasteiger partial charge in [-0.3, -0.25) is 9.59 Å². The van der Waals surface area contributed by atoms with E-state index in [4.69, 9.17) is 0 Å². The number of rotatable bonds is 6. The molecule has 2 rings (SSSR count). The maximum Gasteiger partial charge on any atom is 0.164 e. The summed E-state index contributed by atoms with van der Waals surface area (Å²) in [6.45, 7) is 3.35. The van der Waals surface area contributed by atoms with Gasteiger partial charge < -0.3 is 10.2 Å². The first-order valence-corrected chi connectivity index (χ1v) is 6.98. The largest absolute Gasteiger partial charge is 0.508 e. The molecule has 23 heavy (non-hydrogen) atoms. The standard InChI is InChI=1S/C19H16O4/c1-2-15(20)11-18(23)12-19(13-3-7-16(21)8-4-13)14-5-9-17(22)10-6-14/h2-10,12,21-22H,1,11H2. The lowest BCUT2D eigenvalue weighted by atomic mass is 9.95. The number of hydrogen-bond donors (Lipinski definition) is 2. The van der Waals surface area contributed by atoms with Crippen molar-refractivity contribution >= 4 is 17.1 Å². The van der Waals surface area contributed by atoms with Crippen molar-refractivity contribution in [2.75, 3.05) is 0 Å². The number of allylic oxidation sites excluding steroid dienone is 2. The molecule has 0 unspecified atom stereocenters. The molecule has 0 amide bonds. The van der Waals surface area contributed by atoms with E-state index in [-0.39, 0.29) is 29.5 Å². The fourth-order valence-electron chi connectivity index (χ4n) is 2.07. The highest BCUT2D eigenvalue weighted by Gasteiger charge is 2.10. The highest BCUT2D eigenvalue weighted by atomic mass is 16.3. The second-order valence-electron chi connectivity index (χ2n) is 4.97. The number of benzene rings is 2. The molecule has 0 fully saturated rings. The molecule has 0 aliphatic carbocycles. The Morgan fingerprint density at radius 1 is 0.826 bits per heavy atom. The van der Waals surface area contributed by atoms with Crippen molar-refractivity contribution in [3.8, 4) is 11.5 Å². The molecule has 0 saturated heterocycles. The number of phenols is 2. The van der Waals surface area contributed by atoms with Crippen LogP contribution < -0.4 is 0 Å². The topological polar surface area (TPSA) is 74.6 Å². The Bertz CT molecular complexity index is 705. The average Bonchev–Trinajstić information content (AvgIpc) is 2.54. The summed E-state index contributed by atoms with van der Waals surface area (Å²) in [5.74, 6) is -0.452. The quantitative estimate of drug-likeness (QED) is 0.634. The average molecular weight is 308 g/mol. The summed E-state index contributed by atoms with van der Waals surface area (Å²) in [4.78, 5) is 23.4. The highest BCUT2D eigenvalue weighted by Crippen LogP contribution is 2.26. The first-order valence-electron chi connectivity index (χ1n) is 6.98. The second kappa shape index (κ2) is 7.22. The van der Waals surface area contributed by atoms with Crippen molar-refractivity contribution in [3.63, 3.8) is 0 Å². The summed E-state index contributed by atoms with van der Waals surface area (Å²) < 4.78 is 0. The van der Waals surface area contributed by atoms with Gasteiger partial charge in [0.1, 0.15) is 11.5 Å². The first-order chi connectivity index (χ1) is 11.0. The number of phenolic OH excluding ortho intramolecular Hbond substituents is 2. The minimum Gasteiger partial charge on any atom is -0.508 e. The van der Waals surface area contributed by atoms with Gasteiger partial charge in [-0.2, -0.15) is 0 Å². The Morgan fingerprint density at radius 2 is 1.26 bits per heavy atom. The first kappa shape index (κ1) is 16.2. The van der Waals surface area contributed by atoms with Crippen LogP contribution in [0.3, 0.4) is 0 Å². The predicted octanol–water partition coefficient (Wildman–Crippen LogP) is 3.24. The van der Waals surface area contributed by atoms with Crippen LogP contribution in [-0.4, -0.2) is 21.8 Å². The SMILES string of the molecule is C=CC(=O)CC(=O)C=C(c1ccc(O)cc1)c1ccc(O)cc1. The molecule has 2 aromatic rings. The predicted molar refractivity (Wildman–Crippen MR) is 88.1 cm³/mol. The molecule has 0 radical (unpaired) electrons. The minimum absolute atomic E-state index is 0.118. The van der Waals surface area contributed by atoms with E-state index in [0.717, 1.165) is 6.08 Å². The Morgan fingerprint density at radius 3 is 1.65 bits per heavy atom. The zero-order valence-corrected chi connectivity index (χ0v) is 12.4. The smallest absolute Gasteiger partial charge is 0.164 e. The molecule has 0 saturated carbocycles. The van der Waals surface area contributed by atoms with Gasteiger partial charge in [0, 0.05) is 0 Å². The zero-order valence-electron chi connectivity index (χ0n) is 12.4. The lowest BCUT2D eigenvalue weighted by molar-refractivity contribution is -0.121. The third-order valence-electron chi connectivity index (χ3n) is 3.24. The molecule has 116 valence electrons. The van der Waals surface area contributed by atoms with E-state index < -0.39 is 0 Å². The Kier molecular flexibility index (Phi) is 5.10. The van der Waals surface area contributed by atoms with Crippen molar-refractivity contribution in [2.24, 2.45) is 0 Å². The van der Waals surface area contributed by atoms with Gasteiger partial charge >= 0.3 is 0 Å². The van der Waals surface area contributed by atoms with Crippen LogP contribution in [0.5, 0.6) is 11.5 Å².